The predicted molar refractivity (Wildman–Crippen MR) is 74.9 cm³/mol. The molecule has 0 bridgehead atoms. The molecule has 0 atom stereocenters. The minimum absolute atomic E-state index is 0.130. The normalized spacial score (nSPS) is 17.4. The maximum Gasteiger partial charge on any atom is 0.158 e. The van der Waals surface area contributed by atoms with Crippen LogP contribution in [0.15, 0.2) is 24.3 Å². The van der Waals surface area contributed by atoms with Crippen LogP contribution in [0.5, 0.6) is 0 Å². The van der Waals surface area contributed by atoms with E-state index in [0.717, 1.165) is 42.4 Å². The first-order valence-electron chi connectivity index (χ1n) is 6.90. The zero-order valence-electron chi connectivity index (χ0n) is 11.2. The molecule has 1 aliphatic carbocycles. The number of Topliss-reactive ketones (excluding diaryl/α,β-unsaturated/α-hetero) is 1. The Morgan fingerprint density at radius 3 is 2.79 bits per heavy atom. The van der Waals surface area contributed by atoms with Crippen LogP contribution in [0, 0.1) is 0 Å². The third-order valence-corrected chi connectivity index (χ3v) is 4.16. The van der Waals surface area contributed by atoms with Crippen molar-refractivity contribution in [3.63, 3.8) is 0 Å². The largest absolute Gasteiger partial charge is 0.319 e. The monoisotopic (exact) mass is 257 g/mol. The van der Waals surface area contributed by atoms with Gasteiger partial charge in [0.2, 0.25) is 0 Å². The van der Waals surface area contributed by atoms with Gasteiger partial charge in [-0.15, -0.1) is 0 Å². The molecule has 1 aromatic heterocycles. The van der Waals surface area contributed by atoms with Crippen molar-refractivity contribution in [1.29, 1.82) is 0 Å². The number of carbonyl (C=O) groups is 1. The maximum absolute atomic E-state index is 12.3. The number of rotatable bonds is 4. The summed E-state index contributed by atoms with van der Waals surface area (Å²) in [6, 6.07) is 8.06. The molecule has 0 aliphatic heterocycles. The van der Waals surface area contributed by atoms with Crippen molar-refractivity contribution in [1.82, 2.24) is 9.78 Å². The number of hydrogen-bond donors (Lipinski definition) is 1. The van der Waals surface area contributed by atoms with Crippen molar-refractivity contribution in [3.8, 4) is 0 Å². The van der Waals surface area contributed by atoms with Gasteiger partial charge in [0.1, 0.15) is 0 Å². The SMILES string of the molecule is CCn1nc(CC(=O)C2(N)CCC2)c2ccccc21. The molecule has 1 fully saturated rings. The lowest BCUT2D eigenvalue weighted by Gasteiger charge is -2.36. The van der Waals surface area contributed by atoms with E-state index in [0.29, 0.717) is 6.42 Å². The third-order valence-electron chi connectivity index (χ3n) is 4.16. The highest BCUT2D eigenvalue weighted by Crippen LogP contribution is 2.31. The van der Waals surface area contributed by atoms with Gasteiger partial charge in [-0.3, -0.25) is 9.48 Å². The number of benzene rings is 1. The van der Waals surface area contributed by atoms with Crippen LogP contribution >= 0.6 is 0 Å². The van der Waals surface area contributed by atoms with E-state index in [-0.39, 0.29) is 5.78 Å². The maximum atomic E-state index is 12.3. The molecule has 3 rings (SSSR count). The standard InChI is InChI=1S/C15H19N3O/c1-2-18-13-7-4-3-6-11(13)12(17-18)10-14(19)15(16)8-5-9-15/h3-4,6-7H,2,5,8-10,16H2,1H3. The first-order valence-corrected chi connectivity index (χ1v) is 6.90. The van der Waals surface area contributed by atoms with Crippen molar-refractivity contribution >= 4 is 16.7 Å². The number of nitrogens with zero attached hydrogens (tertiary/aromatic N) is 2. The number of hydrogen-bond acceptors (Lipinski definition) is 3. The number of fused-ring (bicyclic) bond motifs is 1. The van der Waals surface area contributed by atoms with Gasteiger partial charge in [-0.05, 0) is 32.3 Å². The second-order valence-electron chi connectivity index (χ2n) is 5.39. The summed E-state index contributed by atoms with van der Waals surface area (Å²) in [5, 5.41) is 5.63. The molecule has 0 unspecified atom stereocenters. The molecule has 0 radical (unpaired) electrons. The zero-order valence-corrected chi connectivity index (χ0v) is 11.2. The fourth-order valence-corrected chi connectivity index (χ4v) is 2.73. The summed E-state index contributed by atoms with van der Waals surface area (Å²) in [6.07, 6.45) is 3.05. The van der Waals surface area contributed by atoms with Crippen LogP contribution < -0.4 is 5.73 Å². The summed E-state index contributed by atoms with van der Waals surface area (Å²) < 4.78 is 1.95. The quantitative estimate of drug-likeness (QED) is 0.911. The molecule has 19 heavy (non-hydrogen) atoms. The number of aryl methyl sites for hydroxylation is 1. The summed E-state index contributed by atoms with van der Waals surface area (Å²) >= 11 is 0. The minimum Gasteiger partial charge on any atom is -0.319 e. The molecular formula is C15H19N3O. The fourth-order valence-electron chi connectivity index (χ4n) is 2.73. The van der Waals surface area contributed by atoms with E-state index in [9.17, 15) is 4.79 Å². The molecule has 1 heterocycles. The molecule has 4 nitrogen and oxygen atoms in total. The Hall–Kier alpha value is -1.68. The second kappa shape index (κ2) is 4.46. The van der Waals surface area contributed by atoms with E-state index < -0.39 is 5.54 Å². The van der Waals surface area contributed by atoms with E-state index >= 15 is 0 Å². The topological polar surface area (TPSA) is 60.9 Å². The highest BCUT2D eigenvalue weighted by molar-refractivity contribution is 5.94. The van der Waals surface area contributed by atoms with Crippen molar-refractivity contribution in [2.24, 2.45) is 5.73 Å². The summed E-state index contributed by atoms with van der Waals surface area (Å²) in [5.74, 6) is 0.130. The Morgan fingerprint density at radius 1 is 1.42 bits per heavy atom. The van der Waals surface area contributed by atoms with Crippen LogP contribution in [-0.4, -0.2) is 21.1 Å². The van der Waals surface area contributed by atoms with Gasteiger partial charge >= 0.3 is 0 Å². The summed E-state index contributed by atoms with van der Waals surface area (Å²) in [4.78, 5) is 12.3. The van der Waals surface area contributed by atoms with Gasteiger partial charge in [-0.2, -0.15) is 5.10 Å². The molecule has 1 saturated carbocycles. The second-order valence-corrected chi connectivity index (χ2v) is 5.39. The Balaban J connectivity index is 1.95. The molecule has 0 spiro atoms. The summed E-state index contributed by atoms with van der Waals surface area (Å²) in [7, 11) is 0. The number of ketones is 1. The molecule has 4 heteroatoms. The van der Waals surface area contributed by atoms with Gasteiger partial charge < -0.3 is 5.73 Å². The molecule has 2 aromatic rings. The van der Waals surface area contributed by atoms with E-state index in [1.165, 1.54) is 0 Å². The Morgan fingerprint density at radius 2 is 2.16 bits per heavy atom. The van der Waals surface area contributed by atoms with E-state index in [4.69, 9.17) is 5.73 Å². The first-order chi connectivity index (χ1) is 9.14. The highest BCUT2D eigenvalue weighted by atomic mass is 16.1. The number of para-hydroxylation sites is 1. The average Bonchev–Trinajstić information content (AvgIpc) is 2.74. The number of aromatic nitrogens is 2. The van der Waals surface area contributed by atoms with Crippen LogP contribution in [-0.2, 0) is 17.8 Å². The van der Waals surface area contributed by atoms with Gasteiger partial charge in [0.15, 0.2) is 5.78 Å². The average molecular weight is 257 g/mol. The molecular weight excluding hydrogens is 238 g/mol. The Labute approximate surface area is 112 Å². The van der Waals surface area contributed by atoms with Crippen molar-refractivity contribution < 1.29 is 4.79 Å². The van der Waals surface area contributed by atoms with Crippen molar-refractivity contribution in [2.75, 3.05) is 0 Å². The molecule has 100 valence electrons. The van der Waals surface area contributed by atoms with Gasteiger partial charge in [-0.25, -0.2) is 0 Å². The van der Waals surface area contributed by atoms with Crippen LogP contribution in [0.3, 0.4) is 0 Å². The van der Waals surface area contributed by atoms with Crippen LogP contribution in [0.25, 0.3) is 10.9 Å². The molecule has 2 N–H and O–H groups in total. The lowest BCUT2D eigenvalue weighted by atomic mass is 9.73. The minimum atomic E-state index is -0.586. The molecule has 0 amide bonds. The van der Waals surface area contributed by atoms with E-state index in [1.54, 1.807) is 0 Å². The van der Waals surface area contributed by atoms with Gasteiger partial charge in [0.05, 0.1) is 23.2 Å². The van der Waals surface area contributed by atoms with Crippen LogP contribution in [0.1, 0.15) is 31.9 Å². The Kier molecular flexibility index (Phi) is 2.90. The molecule has 1 aromatic carbocycles. The van der Waals surface area contributed by atoms with Gasteiger partial charge in [-0.1, -0.05) is 18.2 Å². The summed E-state index contributed by atoms with van der Waals surface area (Å²) in [6.45, 7) is 2.86. The van der Waals surface area contributed by atoms with Crippen LogP contribution in [0.2, 0.25) is 0 Å². The molecule has 0 saturated heterocycles. The smallest absolute Gasteiger partial charge is 0.158 e. The molecule has 1 aliphatic rings. The number of nitrogens with two attached hydrogens (primary N) is 1. The highest BCUT2D eigenvalue weighted by Gasteiger charge is 2.39. The lowest BCUT2D eigenvalue weighted by molar-refractivity contribution is -0.126. The summed E-state index contributed by atoms with van der Waals surface area (Å²) in [5.41, 5.74) is 7.46. The number of carbonyl (C=O) groups excluding carboxylic acids is 1. The van der Waals surface area contributed by atoms with Gasteiger partial charge in [0.25, 0.3) is 0 Å². The van der Waals surface area contributed by atoms with Crippen LogP contribution in [0.4, 0.5) is 0 Å². The van der Waals surface area contributed by atoms with E-state index in [1.807, 2.05) is 28.9 Å². The predicted octanol–water partition coefficient (Wildman–Crippen LogP) is 2.05. The van der Waals surface area contributed by atoms with Gasteiger partial charge in [0, 0.05) is 11.9 Å². The third kappa shape index (κ3) is 1.96. The van der Waals surface area contributed by atoms with Crippen molar-refractivity contribution in [3.05, 3.63) is 30.0 Å². The lowest BCUT2D eigenvalue weighted by Crippen LogP contribution is -2.54. The fraction of sp³-hybridized carbons (Fsp3) is 0.467. The van der Waals surface area contributed by atoms with Crippen molar-refractivity contribution in [2.45, 2.75) is 44.7 Å². The Bertz CT molecular complexity index is 625. The zero-order chi connectivity index (χ0) is 13.5. The first kappa shape index (κ1) is 12.4. The van der Waals surface area contributed by atoms with E-state index in [2.05, 4.69) is 12.0 Å².